The number of nitrogens with zero attached hydrogens (tertiary/aromatic N) is 1. The number of alkyl halides is 3. The van der Waals surface area contributed by atoms with Crippen LogP contribution in [0.4, 0.5) is 30.4 Å². The van der Waals surface area contributed by atoms with Crippen LogP contribution in [0, 0.1) is 0 Å². The van der Waals surface area contributed by atoms with Crippen LogP contribution >= 0.6 is 0 Å². The Bertz CT molecular complexity index is 981. The summed E-state index contributed by atoms with van der Waals surface area (Å²) >= 11 is 0. The lowest BCUT2D eigenvalue weighted by molar-refractivity contribution is -0.137. The van der Waals surface area contributed by atoms with Crippen LogP contribution in [0.15, 0.2) is 66.9 Å². The Balaban J connectivity index is 1.76. The zero-order valence-electron chi connectivity index (χ0n) is 15.9. The van der Waals surface area contributed by atoms with E-state index in [0.717, 1.165) is 17.7 Å². The molecule has 1 aromatic heterocycles. The number of halogens is 3. The Morgan fingerprint density at radius 3 is 2.14 bits per heavy atom. The van der Waals surface area contributed by atoms with Gasteiger partial charge in [-0.2, -0.15) is 13.2 Å². The Morgan fingerprint density at radius 1 is 0.931 bits per heavy atom. The van der Waals surface area contributed by atoms with E-state index in [1.165, 1.54) is 18.3 Å². The number of nitrogens with one attached hydrogen (secondary N) is 2. The summed E-state index contributed by atoms with van der Waals surface area (Å²) in [5, 5.41) is 5.71. The van der Waals surface area contributed by atoms with E-state index in [0.29, 0.717) is 17.3 Å². The highest BCUT2D eigenvalue weighted by Crippen LogP contribution is 2.30. The summed E-state index contributed by atoms with van der Waals surface area (Å²) < 4.78 is 38.1. The summed E-state index contributed by atoms with van der Waals surface area (Å²) in [5.41, 5.74) is 1.73. The summed E-state index contributed by atoms with van der Waals surface area (Å²) in [4.78, 5) is 16.8. The molecule has 0 spiro atoms. The van der Waals surface area contributed by atoms with E-state index in [9.17, 15) is 18.0 Å². The molecule has 29 heavy (non-hydrogen) atoms. The number of rotatable bonds is 5. The largest absolute Gasteiger partial charge is 0.416 e. The van der Waals surface area contributed by atoms with Crippen LogP contribution in [0.1, 0.15) is 41.3 Å². The minimum Gasteiger partial charge on any atom is -0.340 e. The fraction of sp³-hybridized carbons (Fsp3) is 0.182. The van der Waals surface area contributed by atoms with Crippen molar-refractivity contribution in [3.8, 4) is 0 Å². The number of pyridine rings is 1. The van der Waals surface area contributed by atoms with Gasteiger partial charge in [0.1, 0.15) is 5.82 Å². The number of hydrogen-bond acceptors (Lipinski definition) is 3. The summed E-state index contributed by atoms with van der Waals surface area (Å²) in [6.07, 6.45) is -2.90. The molecule has 150 valence electrons. The predicted octanol–water partition coefficient (Wildman–Crippen LogP) is 6.22. The Kier molecular flexibility index (Phi) is 5.87. The molecule has 7 heteroatoms. The molecule has 0 atom stereocenters. The smallest absolute Gasteiger partial charge is 0.340 e. The molecule has 0 radical (unpaired) electrons. The predicted molar refractivity (Wildman–Crippen MR) is 107 cm³/mol. The molecule has 0 saturated heterocycles. The van der Waals surface area contributed by atoms with Gasteiger partial charge in [-0.25, -0.2) is 4.98 Å². The highest BCUT2D eigenvalue weighted by molar-refractivity contribution is 6.07. The summed E-state index contributed by atoms with van der Waals surface area (Å²) in [5.74, 6) is 0.269. The van der Waals surface area contributed by atoms with E-state index >= 15 is 0 Å². The number of benzene rings is 2. The zero-order chi connectivity index (χ0) is 21.0. The number of carbonyl (C=O) groups excluding carboxylic acids is 1. The first-order valence-electron chi connectivity index (χ1n) is 9.04. The number of anilines is 3. The highest BCUT2D eigenvalue weighted by Gasteiger charge is 2.30. The van der Waals surface area contributed by atoms with Crippen molar-refractivity contribution in [1.29, 1.82) is 0 Å². The van der Waals surface area contributed by atoms with Gasteiger partial charge in [0.15, 0.2) is 0 Å². The van der Waals surface area contributed by atoms with Gasteiger partial charge in [-0.1, -0.05) is 26.0 Å². The van der Waals surface area contributed by atoms with Crippen molar-refractivity contribution in [2.75, 3.05) is 10.6 Å². The van der Waals surface area contributed by atoms with Crippen molar-refractivity contribution in [1.82, 2.24) is 4.98 Å². The minimum absolute atomic E-state index is 0.253. The van der Waals surface area contributed by atoms with E-state index in [1.54, 1.807) is 12.1 Å². The van der Waals surface area contributed by atoms with E-state index in [4.69, 9.17) is 0 Å². The first kappa shape index (κ1) is 20.4. The minimum atomic E-state index is -4.40. The molecule has 0 aliphatic rings. The summed E-state index contributed by atoms with van der Waals surface area (Å²) in [6.45, 7) is 4.17. The molecule has 1 heterocycles. The quantitative estimate of drug-likeness (QED) is 0.535. The van der Waals surface area contributed by atoms with Crippen LogP contribution in [0.2, 0.25) is 0 Å². The van der Waals surface area contributed by atoms with Crippen molar-refractivity contribution >= 4 is 23.1 Å². The number of amides is 1. The maximum atomic E-state index is 12.7. The monoisotopic (exact) mass is 399 g/mol. The zero-order valence-corrected chi connectivity index (χ0v) is 15.9. The second-order valence-electron chi connectivity index (χ2n) is 6.83. The van der Waals surface area contributed by atoms with Gasteiger partial charge in [-0.05, 0) is 60.0 Å². The standard InChI is InChI=1S/C22H20F3N3O/c1-14(2)15-5-9-18(10-6-15)28-21(29)19-4-3-13-26-20(19)27-17-11-7-16(8-12-17)22(23,24)25/h3-14H,1-2H3,(H,26,27)(H,28,29). The maximum absolute atomic E-state index is 12.7. The van der Waals surface area contributed by atoms with E-state index in [2.05, 4.69) is 29.5 Å². The molecule has 0 fully saturated rings. The molecule has 3 rings (SSSR count). The van der Waals surface area contributed by atoms with Gasteiger partial charge < -0.3 is 10.6 Å². The molecule has 4 nitrogen and oxygen atoms in total. The molecule has 0 unspecified atom stereocenters. The van der Waals surface area contributed by atoms with Gasteiger partial charge in [0.05, 0.1) is 11.1 Å². The molecule has 0 aliphatic carbocycles. The first-order valence-corrected chi connectivity index (χ1v) is 9.04. The Morgan fingerprint density at radius 2 is 1.55 bits per heavy atom. The molecule has 2 N–H and O–H groups in total. The summed E-state index contributed by atoms with van der Waals surface area (Å²) in [6, 6.07) is 15.3. The normalized spacial score (nSPS) is 11.4. The molecular weight excluding hydrogens is 379 g/mol. The van der Waals surface area contributed by atoms with Crippen LogP contribution in [-0.2, 0) is 6.18 Å². The molecule has 0 saturated carbocycles. The van der Waals surface area contributed by atoms with Crippen molar-refractivity contribution in [2.45, 2.75) is 25.9 Å². The molecular formula is C22H20F3N3O. The molecule has 0 bridgehead atoms. The molecule has 3 aromatic rings. The van der Waals surface area contributed by atoms with Gasteiger partial charge in [-0.15, -0.1) is 0 Å². The van der Waals surface area contributed by atoms with Crippen LogP contribution in [-0.4, -0.2) is 10.9 Å². The van der Waals surface area contributed by atoms with Crippen molar-refractivity contribution in [3.05, 3.63) is 83.6 Å². The molecule has 0 aliphatic heterocycles. The summed E-state index contributed by atoms with van der Waals surface area (Å²) in [7, 11) is 0. The van der Waals surface area contributed by atoms with Crippen molar-refractivity contribution in [2.24, 2.45) is 0 Å². The molecule has 1 amide bonds. The first-order chi connectivity index (χ1) is 13.7. The number of carbonyl (C=O) groups is 1. The fourth-order valence-corrected chi connectivity index (χ4v) is 2.72. The van der Waals surface area contributed by atoms with Gasteiger partial charge in [-0.3, -0.25) is 4.79 Å². The van der Waals surface area contributed by atoms with Gasteiger partial charge in [0.2, 0.25) is 0 Å². The van der Waals surface area contributed by atoms with Gasteiger partial charge >= 0.3 is 6.18 Å². The van der Waals surface area contributed by atoms with Crippen molar-refractivity contribution in [3.63, 3.8) is 0 Å². The average molecular weight is 399 g/mol. The van der Waals surface area contributed by atoms with Gasteiger partial charge in [0, 0.05) is 17.6 Å². The lowest BCUT2D eigenvalue weighted by Crippen LogP contribution is -2.14. The topological polar surface area (TPSA) is 54.0 Å². The van der Waals surface area contributed by atoms with Crippen LogP contribution in [0.5, 0.6) is 0 Å². The fourth-order valence-electron chi connectivity index (χ4n) is 2.72. The van der Waals surface area contributed by atoms with Crippen LogP contribution in [0.25, 0.3) is 0 Å². The SMILES string of the molecule is CC(C)c1ccc(NC(=O)c2cccnc2Nc2ccc(C(F)(F)F)cc2)cc1. The maximum Gasteiger partial charge on any atom is 0.416 e. The second-order valence-corrected chi connectivity index (χ2v) is 6.83. The third-order valence-corrected chi connectivity index (χ3v) is 4.36. The van der Waals surface area contributed by atoms with Crippen molar-refractivity contribution < 1.29 is 18.0 Å². The van der Waals surface area contributed by atoms with Crippen LogP contribution in [0.3, 0.4) is 0 Å². The molecule has 2 aromatic carbocycles. The number of aromatic nitrogens is 1. The van der Waals surface area contributed by atoms with E-state index < -0.39 is 11.7 Å². The van der Waals surface area contributed by atoms with E-state index in [-0.39, 0.29) is 17.3 Å². The average Bonchev–Trinajstić information content (AvgIpc) is 2.68. The number of hydrogen-bond donors (Lipinski definition) is 2. The van der Waals surface area contributed by atoms with Crippen LogP contribution < -0.4 is 10.6 Å². The Hall–Kier alpha value is -3.35. The third-order valence-electron chi connectivity index (χ3n) is 4.36. The van der Waals surface area contributed by atoms with Gasteiger partial charge in [0.25, 0.3) is 5.91 Å². The Labute approximate surface area is 166 Å². The van der Waals surface area contributed by atoms with E-state index in [1.807, 2.05) is 24.3 Å². The second kappa shape index (κ2) is 8.34. The lowest BCUT2D eigenvalue weighted by Gasteiger charge is -2.13. The lowest BCUT2D eigenvalue weighted by atomic mass is 10.0. The third kappa shape index (κ3) is 5.13. The highest BCUT2D eigenvalue weighted by atomic mass is 19.4.